The molecule has 0 spiro atoms. The van der Waals surface area contributed by atoms with Crippen molar-refractivity contribution in [3.05, 3.63) is 59.7 Å². The third-order valence-electron chi connectivity index (χ3n) is 4.92. The Morgan fingerprint density at radius 2 is 1.92 bits per heavy atom. The Morgan fingerprint density at radius 3 is 2.72 bits per heavy atom. The van der Waals surface area contributed by atoms with Gasteiger partial charge in [-0.05, 0) is 31.2 Å². The smallest absolute Gasteiger partial charge is 0.317 e. The summed E-state index contributed by atoms with van der Waals surface area (Å²) in [6.07, 6.45) is 1.78. The van der Waals surface area contributed by atoms with Gasteiger partial charge in [-0.2, -0.15) is 0 Å². The maximum absolute atomic E-state index is 12.6. The second kappa shape index (κ2) is 6.80. The lowest BCUT2D eigenvalue weighted by molar-refractivity contribution is 0.115. The topological polar surface area (TPSA) is 52.6 Å². The van der Waals surface area contributed by atoms with Crippen LogP contribution in [0, 0.1) is 6.92 Å². The molecule has 0 bridgehead atoms. The van der Waals surface area contributed by atoms with E-state index in [0.717, 1.165) is 49.8 Å². The number of urea groups is 1. The molecular formula is C19H23N5O. The van der Waals surface area contributed by atoms with Crippen LogP contribution in [-0.4, -0.2) is 62.9 Å². The lowest BCUT2D eigenvalue weighted by Gasteiger charge is -2.36. The zero-order valence-electron chi connectivity index (χ0n) is 14.5. The van der Waals surface area contributed by atoms with Crippen molar-refractivity contribution in [1.29, 1.82) is 0 Å². The van der Waals surface area contributed by atoms with Gasteiger partial charge in [0.25, 0.3) is 0 Å². The van der Waals surface area contributed by atoms with Gasteiger partial charge in [-0.1, -0.05) is 12.1 Å². The summed E-state index contributed by atoms with van der Waals surface area (Å²) in [5.74, 6) is 0. The normalized spacial score (nSPS) is 20.8. The first kappa shape index (κ1) is 16.0. The largest absolute Gasteiger partial charge is 0.320 e. The fourth-order valence-electron chi connectivity index (χ4n) is 3.72. The van der Waals surface area contributed by atoms with E-state index in [1.165, 1.54) is 0 Å². The van der Waals surface area contributed by atoms with Crippen LogP contribution in [0.3, 0.4) is 0 Å². The molecule has 0 aromatic carbocycles. The van der Waals surface area contributed by atoms with Crippen LogP contribution in [-0.2, 0) is 13.1 Å². The van der Waals surface area contributed by atoms with Gasteiger partial charge in [0.1, 0.15) is 0 Å². The van der Waals surface area contributed by atoms with Gasteiger partial charge in [-0.15, -0.1) is 0 Å². The number of piperazine rings is 1. The average Bonchev–Trinajstić information content (AvgIpc) is 2.91. The Balaban J connectivity index is 1.39. The van der Waals surface area contributed by atoms with E-state index in [-0.39, 0.29) is 12.1 Å². The van der Waals surface area contributed by atoms with Crippen molar-refractivity contribution >= 4 is 6.03 Å². The minimum absolute atomic E-state index is 0.143. The van der Waals surface area contributed by atoms with Gasteiger partial charge < -0.3 is 9.80 Å². The molecule has 2 saturated heterocycles. The number of aryl methyl sites for hydroxylation is 1. The molecule has 25 heavy (non-hydrogen) atoms. The molecule has 0 radical (unpaired) electrons. The number of hydrogen-bond acceptors (Lipinski definition) is 4. The molecule has 6 heteroatoms. The van der Waals surface area contributed by atoms with Gasteiger partial charge in [0.2, 0.25) is 0 Å². The molecule has 2 aliphatic heterocycles. The van der Waals surface area contributed by atoms with Crippen LogP contribution in [0.1, 0.15) is 17.1 Å². The Morgan fingerprint density at radius 1 is 1.04 bits per heavy atom. The SMILES string of the molecule is Cc1cccc(CN2CCN3C(=O)N(Cc4ccccn4)C[C@H]3C2)n1. The molecule has 2 aromatic heterocycles. The van der Waals surface area contributed by atoms with E-state index < -0.39 is 0 Å². The number of amides is 2. The molecule has 0 aliphatic carbocycles. The van der Waals surface area contributed by atoms with Crippen molar-refractivity contribution < 1.29 is 4.79 Å². The molecule has 6 nitrogen and oxygen atoms in total. The number of carbonyl (C=O) groups excluding carboxylic acids is 1. The molecule has 4 heterocycles. The van der Waals surface area contributed by atoms with Gasteiger partial charge in [0.15, 0.2) is 0 Å². The van der Waals surface area contributed by atoms with Crippen LogP contribution in [0.4, 0.5) is 4.79 Å². The molecule has 0 saturated carbocycles. The van der Waals surface area contributed by atoms with Gasteiger partial charge >= 0.3 is 6.03 Å². The molecule has 2 fully saturated rings. The van der Waals surface area contributed by atoms with Crippen molar-refractivity contribution in [3.8, 4) is 0 Å². The molecule has 2 amide bonds. The van der Waals surface area contributed by atoms with Crippen LogP contribution < -0.4 is 0 Å². The van der Waals surface area contributed by atoms with E-state index in [9.17, 15) is 4.79 Å². The van der Waals surface area contributed by atoms with Crippen molar-refractivity contribution in [3.63, 3.8) is 0 Å². The van der Waals surface area contributed by atoms with Crippen LogP contribution in [0.2, 0.25) is 0 Å². The highest BCUT2D eigenvalue weighted by atomic mass is 16.2. The Kier molecular flexibility index (Phi) is 4.36. The highest BCUT2D eigenvalue weighted by Crippen LogP contribution is 2.22. The lowest BCUT2D eigenvalue weighted by atomic mass is 10.2. The molecule has 4 rings (SSSR count). The fourth-order valence-corrected chi connectivity index (χ4v) is 3.72. The van der Waals surface area contributed by atoms with E-state index >= 15 is 0 Å². The van der Waals surface area contributed by atoms with Gasteiger partial charge in [-0.3, -0.25) is 14.9 Å². The molecule has 1 atom stereocenters. The number of carbonyl (C=O) groups is 1. The highest BCUT2D eigenvalue weighted by Gasteiger charge is 2.40. The van der Waals surface area contributed by atoms with Gasteiger partial charge in [-0.25, -0.2) is 4.79 Å². The second-order valence-electron chi connectivity index (χ2n) is 6.84. The number of rotatable bonds is 4. The Hall–Kier alpha value is -2.47. The van der Waals surface area contributed by atoms with Crippen molar-refractivity contribution in [2.24, 2.45) is 0 Å². The lowest BCUT2D eigenvalue weighted by Crippen LogP contribution is -2.51. The summed E-state index contributed by atoms with van der Waals surface area (Å²) in [5.41, 5.74) is 3.09. The predicted molar refractivity (Wildman–Crippen MR) is 94.8 cm³/mol. The molecule has 130 valence electrons. The summed E-state index contributed by atoms with van der Waals surface area (Å²) < 4.78 is 0. The molecule has 2 aromatic rings. The first-order valence-corrected chi connectivity index (χ1v) is 8.79. The predicted octanol–water partition coefficient (Wildman–Crippen LogP) is 1.91. The quantitative estimate of drug-likeness (QED) is 0.855. The number of nitrogens with zero attached hydrogens (tertiary/aromatic N) is 5. The number of hydrogen-bond donors (Lipinski definition) is 0. The maximum Gasteiger partial charge on any atom is 0.320 e. The van der Waals surface area contributed by atoms with Crippen molar-refractivity contribution in [2.45, 2.75) is 26.1 Å². The highest BCUT2D eigenvalue weighted by molar-refractivity contribution is 5.77. The summed E-state index contributed by atoms with van der Waals surface area (Å²) >= 11 is 0. The molecule has 0 unspecified atom stereocenters. The first-order chi connectivity index (χ1) is 12.2. The standard InChI is InChI=1S/C19H23N5O/c1-15-5-4-7-17(21-15)11-22-9-10-24-18(13-22)14-23(19(24)25)12-16-6-2-3-8-20-16/h2-8,18H,9-14H2,1H3/t18-/m1/s1. The number of aromatic nitrogens is 2. The first-order valence-electron chi connectivity index (χ1n) is 8.79. The van der Waals surface area contributed by atoms with E-state index in [1.54, 1.807) is 6.20 Å². The van der Waals surface area contributed by atoms with E-state index in [2.05, 4.69) is 27.0 Å². The zero-order chi connectivity index (χ0) is 17.2. The summed E-state index contributed by atoms with van der Waals surface area (Å²) in [6.45, 7) is 6.82. The monoisotopic (exact) mass is 337 g/mol. The van der Waals surface area contributed by atoms with E-state index in [0.29, 0.717) is 6.54 Å². The van der Waals surface area contributed by atoms with Gasteiger partial charge in [0.05, 0.1) is 24.0 Å². The third-order valence-corrected chi connectivity index (χ3v) is 4.92. The summed E-state index contributed by atoms with van der Waals surface area (Å²) in [5, 5.41) is 0. The number of pyridine rings is 2. The maximum atomic E-state index is 12.6. The molecular weight excluding hydrogens is 314 g/mol. The molecule has 0 N–H and O–H groups in total. The minimum Gasteiger partial charge on any atom is -0.317 e. The van der Waals surface area contributed by atoms with E-state index in [1.807, 2.05) is 41.0 Å². The van der Waals surface area contributed by atoms with Crippen LogP contribution in [0.25, 0.3) is 0 Å². The van der Waals surface area contributed by atoms with Crippen molar-refractivity contribution in [2.75, 3.05) is 26.2 Å². The third kappa shape index (κ3) is 3.49. The average molecular weight is 337 g/mol. The van der Waals surface area contributed by atoms with Crippen LogP contribution in [0.5, 0.6) is 0 Å². The van der Waals surface area contributed by atoms with Crippen LogP contribution in [0.15, 0.2) is 42.6 Å². The van der Waals surface area contributed by atoms with E-state index in [4.69, 9.17) is 0 Å². The summed E-state index contributed by atoms with van der Waals surface area (Å²) in [6, 6.07) is 12.4. The zero-order valence-corrected chi connectivity index (χ0v) is 14.5. The molecule has 2 aliphatic rings. The Bertz CT molecular complexity index is 750. The summed E-state index contributed by atoms with van der Waals surface area (Å²) in [7, 11) is 0. The van der Waals surface area contributed by atoms with Crippen LogP contribution >= 0.6 is 0 Å². The van der Waals surface area contributed by atoms with Crippen molar-refractivity contribution in [1.82, 2.24) is 24.7 Å². The van der Waals surface area contributed by atoms with Gasteiger partial charge in [0, 0.05) is 44.6 Å². The summed E-state index contributed by atoms with van der Waals surface area (Å²) in [4.78, 5) is 27.9. The second-order valence-corrected chi connectivity index (χ2v) is 6.84. The fraction of sp³-hybridized carbons (Fsp3) is 0.421. The minimum atomic E-state index is 0.143. The Labute approximate surface area is 148 Å². The number of fused-ring (bicyclic) bond motifs is 1.